The summed E-state index contributed by atoms with van der Waals surface area (Å²) in [5.74, 6) is 0.774. The fourth-order valence-corrected chi connectivity index (χ4v) is 4.25. The molecule has 5 heteroatoms. The molecule has 0 radical (unpaired) electrons. The van der Waals surface area contributed by atoms with Gasteiger partial charge in [-0.25, -0.2) is 0 Å². The average molecular weight is 372 g/mol. The minimum absolute atomic E-state index is 0.0171. The van der Waals surface area contributed by atoms with Crippen molar-refractivity contribution in [3.05, 3.63) is 35.4 Å². The highest BCUT2D eigenvalue weighted by molar-refractivity contribution is 5.94. The molecule has 3 fully saturated rings. The van der Waals surface area contributed by atoms with Crippen LogP contribution in [0, 0.1) is 11.8 Å². The number of nitrogens with zero attached hydrogens (tertiary/aromatic N) is 2. The van der Waals surface area contributed by atoms with E-state index in [2.05, 4.69) is 22.0 Å². The highest BCUT2D eigenvalue weighted by Gasteiger charge is 2.36. The van der Waals surface area contributed by atoms with Gasteiger partial charge in [-0.3, -0.25) is 14.5 Å². The van der Waals surface area contributed by atoms with E-state index < -0.39 is 0 Å². The van der Waals surface area contributed by atoms with Gasteiger partial charge in [-0.05, 0) is 49.4 Å². The summed E-state index contributed by atoms with van der Waals surface area (Å²) in [6.07, 6.45) is 3.62. The summed E-state index contributed by atoms with van der Waals surface area (Å²) < 4.78 is 0. The molecule has 1 aromatic carbocycles. The first-order chi connectivity index (χ1) is 13.0. The third-order valence-corrected chi connectivity index (χ3v) is 5.82. The van der Waals surface area contributed by atoms with E-state index in [1.54, 1.807) is 0 Å². The van der Waals surface area contributed by atoms with Gasteiger partial charge < -0.3 is 10.2 Å². The topological polar surface area (TPSA) is 52.6 Å². The second-order valence-electron chi connectivity index (χ2n) is 8.37. The van der Waals surface area contributed by atoms with Crippen LogP contribution in [0.5, 0.6) is 0 Å². The Labute approximate surface area is 163 Å². The third kappa shape index (κ3) is 4.89. The predicted molar refractivity (Wildman–Crippen MR) is 107 cm³/mol. The number of benzene rings is 1. The lowest BCUT2D eigenvalue weighted by atomic mass is 9.95. The molecule has 148 valence electrons. The summed E-state index contributed by atoms with van der Waals surface area (Å²) in [6.45, 7) is 10.5. The van der Waals surface area contributed by atoms with E-state index >= 15 is 0 Å². The van der Waals surface area contributed by atoms with Crippen molar-refractivity contribution in [2.24, 2.45) is 11.8 Å². The molecular weight excluding hydrogens is 338 g/mol. The van der Waals surface area contributed by atoms with E-state index in [9.17, 15) is 9.59 Å². The van der Waals surface area contributed by atoms with Gasteiger partial charge in [0.1, 0.15) is 0 Å². The summed E-state index contributed by atoms with van der Waals surface area (Å²) in [4.78, 5) is 29.4. The van der Waals surface area contributed by atoms with Gasteiger partial charge in [-0.2, -0.15) is 0 Å². The van der Waals surface area contributed by atoms with Crippen LogP contribution in [-0.2, 0) is 11.3 Å². The standard InChI is InChI=1S/C22H33N3O2/c1-4-11-24-13-18-7-10-20(24)15-25(14-18)22(27)19-8-5-17(6-9-19)12-23-21(26)16(2)3/h5-6,8-9,16,18,20H,4,7,10-15H2,1-3H3,(H,23,26)/t18-,20-/m0/s1. The fraction of sp³-hybridized carbons (Fsp3) is 0.636. The summed E-state index contributed by atoms with van der Waals surface area (Å²) in [5.41, 5.74) is 1.77. The lowest BCUT2D eigenvalue weighted by Crippen LogP contribution is -2.44. The molecule has 3 aliphatic rings. The van der Waals surface area contributed by atoms with Crippen LogP contribution in [0.1, 0.15) is 56.0 Å². The molecule has 27 heavy (non-hydrogen) atoms. The average Bonchev–Trinajstić information content (AvgIpc) is 2.98. The van der Waals surface area contributed by atoms with E-state index in [1.807, 2.05) is 38.1 Å². The molecule has 2 atom stereocenters. The maximum Gasteiger partial charge on any atom is 0.253 e. The molecule has 3 aliphatic heterocycles. The highest BCUT2D eigenvalue weighted by atomic mass is 16.2. The molecule has 0 saturated carbocycles. The lowest BCUT2D eigenvalue weighted by Gasteiger charge is -2.35. The lowest BCUT2D eigenvalue weighted by molar-refractivity contribution is -0.124. The number of fused-ring (bicyclic) bond motifs is 4. The molecule has 5 nitrogen and oxygen atoms in total. The van der Waals surface area contributed by atoms with Crippen molar-refractivity contribution in [1.29, 1.82) is 0 Å². The number of carbonyl (C=O) groups excluding carboxylic acids is 2. The minimum Gasteiger partial charge on any atom is -0.352 e. The van der Waals surface area contributed by atoms with Crippen molar-refractivity contribution in [3.8, 4) is 0 Å². The summed E-state index contributed by atoms with van der Waals surface area (Å²) in [5, 5.41) is 2.92. The molecule has 3 saturated heterocycles. The van der Waals surface area contributed by atoms with Crippen molar-refractivity contribution in [1.82, 2.24) is 15.1 Å². The zero-order valence-electron chi connectivity index (χ0n) is 16.9. The number of hydrogen-bond donors (Lipinski definition) is 1. The van der Waals surface area contributed by atoms with Crippen LogP contribution >= 0.6 is 0 Å². The summed E-state index contributed by atoms with van der Waals surface area (Å²) in [7, 11) is 0. The van der Waals surface area contributed by atoms with Gasteiger partial charge in [0.05, 0.1) is 0 Å². The first-order valence-corrected chi connectivity index (χ1v) is 10.4. The maximum atomic E-state index is 13.0. The number of piperidine rings is 1. The van der Waals surface area contributed by atoms with E-state index in [0.717, 1.165) is 37.3 Å². The molecule has 0 unspecified atom stereocenters. The molecule has 0 aromatic heterocycles. The molecule has 3 heterocycles. The number of rotatable bonds is 6. The van der Waals surface area contributed by atoms with Crippen molar-refractivity contribution in [3.63, 3.8) is 0 Å². The van der Waals surface area contributed by atoms with Crippen LogP contribution in [-0.4, -0.2) is 53.8 Å². The van der Waals surface area contributed by atoms with Gasteiger partial charge in [0.25, 0.3) is 5.91 Å². The predicted octanol–water partition coefficient (Wildman–Crippen LogP) is 2.91. The van der Waals surface area contributed by atoms with Gasteiger partial charge in [0, 0.05) is 43.7 Å². The number of amides is 2. The van der Waals surface area contributed by atoms with Crippen LogP contribution in [0.15, 0.2) is 24.3 Å². The van der Waals surface area contributed by atoms with Crippen LogP contribution in [0.3, 0.4) is 0 Å². The number of hydrogen-bond acceptors (Lipinski definition) is 3. The smallest absolute Gasteiger partial charge is 0.253 e. The largest absolute Gasteiger partial charge is 0.352 e. The normalized spacial score (nSPS) is 22.7. The van der Waals surface area contributed by atoms with Crippen molar-refractivity contribution in [2.45, 2.75) is 52.6 Å². The van der Waals surface area contributed by atoms with E-state index in [1.165, 1.54) is 19.3 Å². The summed E-state index contributed by atoms with van der Waals surface area (Å²) in [6, 6.07) is 8.21. The van der Waals surface area contributed by atoms with Crippen LogP contribution in [0.2, 0.25) is 0 Å². The molecule has 0 spiro atoms. The Bertz CT molecular complexity index is 656. The molecule has 4 rings (SSSR count). The van der Waals surface area contributed by atoms with E-state index in [4.69, 9.17) is 0 Å². The number of carbonyl (C=O) groups is 2. The molecule has 2 amide bonds. The Kier molecular flexibility index (Phi) is 6.53. The third-order valence-electron chi connectivity index (χ3n) is 5.82. The molecule has 1 N–H and O–H groups in total. The summed E-state index contributed by atoms with van der Waals surface area (Å²) >= 11 is 0. The van der Waals surface area contributed by atoms with Gasteiger partial charge in [-0.15, -0.1) is 0 Å². The molecular formula is C22H33N3O2. The first-order valence-electron chi connectivity index (χ1n) is 10.4. The van der Waals surface area contributed by atoms with Crippen molar-refractivity contribution in [2.75, 3.05) is 26.2 Å². The second-order valence-corrected chi connectivity index (χ2v) is 8.37. The molecule has 1 aromatic rings. The SMILES string of the molecule is CCCN1C[C@@H]2CC[C@H]1CN(C(=O)c1ccc(CNC(=O)C(C)C)cc1)C2. The van der Waals surface area contributed by atoms with Crippen LogP contribution in [0.25, 0.3) is 0 Å². The van der Waals surface area contributed by atoms with E-state index in [-0.39, 0.29) is 17.7 Å². The van der Waals surface area contributed by atoms with Crippen LogP contribution < -0.4 is 5.32 Å². The zero-order valence-corrected chi connectivity index (χ0v) is 16.9. The number of nitrogens with one attached hydrogen (secondary N) is 1. The Hall–Kier alpha value is -1.88. The Morgan fingerprint density at radius 2 is 1.85 bits per heavy atom. The highest BCUT2D eigenvalue weighted by Crippen LogP contribution is 2.28. The molecule has 0 aliphatic carbocycles. The van der Waals surface area contributed by atoms with Gasteiger partial charge in [0.2, 0.25) is 5.91 Å². The zero-order chi connectivity index (χ0) is 19.4. The quantitative estimate of drug-likeness (QED) is 0.837. The Morgan fingerprint density at radius 3 is 2.52 bits per heavy atom. The van der Waals surface area contributed by atoms with Gasteiger partial charge in [0.15, 0.2) is 0 Å². The van der Waals surface area contributed by atoms with E-state index in [0.29, 0.717) is 18.5 Å². The first kappa shape index (κ1) is 19.9. The molecule has 2 bridgehead atoms. The fourth-order valence-electron chi connectivity index (χ4n) is 4.25. The van der Waals surface area contributed by atoms with Gasteiger partial charge in [-0.1, -0.05) is 32.9 Å². The van der Waals surface area contributed by atoms with Crippen molar-refractivity contribution >= 4 is 11.8 Å². The second kappa shape index (κ2) is 8.87. The minimum atomic E-state index is -0.0171. The van der Waals surface area contributed by atoms with Gasteiger partial charge >= 0.3 is 0 Å². The Morgan fingerprint density at radius 1 is 1.11 bits per heavy atom. The van der Waals surface area contributed by atoms with Crippen molar-refractivity contribution < 1.29 is 9.59 Å². The van der Waals surface area contributed by atoms with Crippen LogP contribution in [0.4, 0.5) is 0 Å². The monoisotopic (exact) mass is 371 g/mol. The maximum absolute atomic E-state index is 13.0. The Balaban J connectivity index is 1.61.